The molecule has 0 aromatic heterocycles. The highest BCUT2D eigenvalue weighted by molar-refractivity contribution is 5.73. The second kappa shape index (κ2) is 7.60. The summed E-state index contributed by atoms with van der Waals surface area (Å²) in [4.78, 5) is 11.0. The van der Waals surface area contributed by atoms with Crippen LogP contribution in [0.3, 0.4) is 0 Å². The molecule has 20 heavy (non-hydrogen) atoms. The van der Waals surface area contributed by atoms with Gasteiger partial charge in [-0.3, -0.25) is 4.79 Å². The van der Waals surface area contributed by atoms with Gasteiger partial charge < -0.3 is 10.4 Å². The zero-order valence-electron chi connectivity index (χ0n) is 11.8. The summed E-state index contributed by atoms with van der Waals surface area (Å²) < 4.78 is 12.9. The van der Waals surface area contributed by atoms with E-state index in [1.807, 2.05) is 25.1 Å². The van der Waals surface area contributed by atoms with Gasteiger partial charge in [0.15, 0.2) is 0 Å². The highest BCUT2D eigenvalue weighted by atomic mass is 19.1. The molecule has 0 unspecified atom stereocenters. The number of alkyl halides is 1. The number of hydrogen-bond acceptors (Lipinski definition) is 2. The number of rotatable bonds is 6. The molecule has 2 N–H and O–H groups in total. The summed E-state index contributed by atoms with van der Waals surface area (Å²) >= 11 is 0. The van der Waals surface area contributed by atoms with Crippen LogP contribution in [0.15, 0.2) is 43.0 Å². The van der Waals surface area contributed by atoms with Crippen molar-refractivity contribution >= 4 is 11.5 Å². The van der Waals surface area contributed by atoms with E-state index < -0.39 is 18.8 Å². The Hall–Kier alpha value is -1.94. The van der Waals surface area contributed by atoms with Crippen molar-refractivity contribution in [1.82, 2.24) is 5.32 Å². The fourth-order valence-corrected chi connectivity index (χ4v) is 1.91. The van der Waals surface area contributed by atoms with E-state index in [2.05, 4.69) is 11.9 Å². The molecule has 1 amide bonds. The summed E-state index contributed by atoms with van der Waals surface area (Å²) in [6.07, 6.45) is 2.52. The molecule has 0 saturated heterocycles. The highest BCUT2D eigenvalue weighted by Gasteiger charge is 2.21. The van der Waals surface area contributed by atoms with Gasteiger partial charge in [0.1, 0.15) is 12.8 Å². The first-order chi connectivity index (χ1) is 9.49. The number of aliphatic hydroxyl groups excluding tert-OH is 1. The molecule has 4 heteroatoms. The molecule has 1 rings (SSSR count). The van der Waals surface area contributed by atoms with Crippen molar-refractivity contribution in [3.63, 3.8) is 0 Å². The van der Waals surface area contributed by atoms with E-state index in [9.17, 15) is 14.3 Å². The largest absolute Gasteiger partial charge is 0.386 e. The molecule has 2 atom stereocenters. The van der Waals surface area contributed by atoms with E-state index in [4.69, 9.17) is 0 Å². The Labute approximate surface area is 118 Å². The van der Waals surface area contributed by atoms with Gasteiger partial charge in [0, 0.05) is 6.92 Å². The molecule has 0 aliphatic rings. The standard InChI is InChI=1S/C16H20FNO2/c1-4-5-11(2)13-6-8-14(9-7-13)16(20)15(10-17)18-12(3)19/h4-9,15-16,20H,1,10H2,2-3H3,(H,18,19)/b11-5+/t15-,16-/m1/s1. The molecule has 3 nitrogen and oxygen atoms in total. The van der Waals surface area contributed by atoms with Crippen LogP contribution in [0.1, 0.15) is 31.1 Å². The Bertz CT molecular complexity index is 494. The van der Waals surface area contributed by atoms with Crippen LogP contribution < -0.4 is 5.32 Å². The van der Waals surface area contributed by atoms with Crippen molar-refractivity contribution in [3.8, 4) is 0 Å². The third-order valence-electron chi connectivity index (χ3n) is 3.01. The first-order valence-corrected chi connectivity index (χ1v) is 6.40. The van der Waals surface area contributed by atoms with E-state index >= 15 is 0 Å². The second-order valence-electron chi connectivity index (χ2n) is 4.61. The van der Waals surface area contributed by atoms with Crippen LogP contribution in [0.25, 0.3) is 5.57 Å². The predicted molar refractivity (Wildman–Crippen MR) is 78.8 cm³/mol. The van der Waals surface area contributed by atoms with Gasteiger partial charge in [0.05, 0.1) is 6.04 Å². The molecule has 0 fully saturated rings. The van der Waals surface area contributed by atoms with Crippen molar-refractivity contribution in [2.24, 2.45) is 0 Å². The van der Waals surface area contributed by atoms with Gasteiger partial charge in [0.2, 0.25) is 5.91 Å². The first-order valence-electron chi connectivity index (χ1n) is 6.40. The highest BCUT2D eigenvalue weighted by Crippen LogP contribution is 2.21. The fourth-order valence-electron chi connectivity index (χ4n) is 1.91. The van der Waals surface area contributed by atoms with Crippen LogP contribution in [-0.4, -0.2) is 23.7 Å². The molecule has 0 aliphatic heterocycles. The van der Waals surface area contributed by atoms with E-state index in [0.29, 0.717) is 5.56 Å². The Morgan fingerprint density at radius 1 is 1.40 bits per heavy atom. The molecule has 0 aliphatic carbocycles. The lowest BCUT2D eigenvalue weighted by atomic mass is 9.99. The summed E-state index contributed by atoms with van der Waals surface area (Å²) in [5, 5.41) is 12.5. The molecular formula is C16H20FNO2. The molecular weight excluding hydrogens is 257 g/mol. The predicted octanol–water partition coefficient (Wildman–Crippen LogP) is 2.78. The Kier molecular flexibility index (Phi) is 6.12. The normalized spacial score (nSPS) is 14.5. The molecule has 0 heterocycles. The Morgan fingerprint density at radius 2 is 2.00 bits per heavy atom. The zero-order chi connectivity index (χ0) is 15.1. The van der Waals surface area contributed by atoms with Gasteiger partial charge >= 0.3 is 0 Å². The number of hydrogen-bond donors (Lipinski definition) is 2. The van der Waals surface area contributed by atoms with Gasteiger partial charge in [-0.05, 0) is 23.6 Å². The third kappa shape index (κ3) is 4.31. The number of carbonyl (C=O) groups excluding carboxylic acids is 1. The topological polar surface area (TPSA) is 49.3 Å². The molecule has 0 radical (unpaired) electrons. The first kappa shape index (κ1) is 16.1. The number of aliphatic hydroxyl groups is 1. The number of nitrogens with one attached hydrogen (secondary N) is 1. The molecule has 1 aromatic carbocycles. The van der Waals surface area contributed by atoms with Crippen molar-refractivity contribution < 1.29 is 14.3 Å². The quantitative estimate of drug-likeness (QED) is 0.786. The molecule has 0 bridgehead atoms. The number of amides is 1. The summed E-state index contributed by atoms with van der Waals surface area (Å²) in [5.74, 6) is -0.368. The lowest BCUT2D eigenvalue weighted by molar-refractivity contribution is -0.120. The average molecular weight is 277 g/mol. The molecule has 1 aromatic rings. The summed E-state index contributed by atoms with van der Waals surface area (Å²) in [6, 6.07) is 6.21. The summed E-state index contributed by atoms with van der Waals surface area (Å²) in [5.41, 5.74) is 2.61. The van der Waals surface area contributed by atoms with Gasteiger partial charge in [-0.2, -0.15) is 0 Å². The maximum Gasteiger partial charge on any atom is 0.217 e. The van der Waals surface area contributed by atoms with Crippen LogP contribution in [-0.2, 0) is 4.79 Å². The molecule has 0 saturated carbocycles. The minimum absolute atomic E-state index is 0.368. The van der Waals surface area contributed by atoms with Crippen molar-refractivity contribution in [2.45, 2.75) is 26.0 Å². The second-order valence-corrected chi connectivity index (χ2v) is 4.61. The Balaban J connectivity index is 2.89. The van der Waals surface area contributed by atoms with Gasteiger partial charge in [0.25, 0.3) is 0 Å². The van der Waals surface area contributed by atoms with Gasteiger partial charge in [-0.1, -0.05) is 43.0 Å². The van der Waals surface area contributed by atoms with E-state index in [-0.39, 0.29) is 5.91 Å². The number of carbonyl (C=O) groups is 1. The molecule has 0 spiro atoms. The van der Waals surface area contributed by atoms with E-state index in [0.717, 1.165) is 11.1 Å². The lowest BCUT2D eigenvalue weighted by Crippen LogP contribution is -2.39. The average Bonchev–Trinajstić information content (AvgIpc) is 2.44. The molecule has 108 valence electrons. The van der Waals surface area contributed by atoms with Crippen LogP contribution in [0.2, 0.25) is 0 Å². The van der Waals surface area contributed by atoms with Crippen LogP contribution >= 0.6 is 0 Å². The minimum atomic E-state index is -1.07. The van der Waals surface area contributed by atoms with Crippen LogP contribution in [0.4, 0.5) is 4.39 Å². The minimum Gasteiger partial charge on any atom is -0.386 e. The van der Waals surface area contributed by atoms with Crippen molar-refractivity contribution in [2.75, 3.05) is 6.67 Å². The maximum absolute atomic E-state index is 12.9. The SMILES string of the molecule is C=C/C=C(\C)c1ccc([C@@H](O)[C@@H](CF)NC(C)=O)cc1. The number of halogens is 1. The van der Waals surface area contributed by atoms with Gasteiger partial charge in [-0.25, -0.2) is 4.39 Å². The monoisotopic (exact) mass is 277 g/mol. The third-order valence-corrected chi connectivity index (χ3v) is 3.01. The summed E-state index contributed by atoms with van der Waals surface area (Å²) in [7, 11) is 0. The van der Waals surface area contributed by atoms with Crippen molar-refractivity contribution in [3.05, 3.63) is 54.1 Å². The Morgan fingerprint density at radius 3 is 2.45 bits per heavy atom. The van der Waals surface area contributed by atoms with E-state index in [1.54, 1.807) is 18.2 Å². The lowest BCUT2D eigenvalue weighted by Gasteiger charge is -2.21. The number of benzene rings is 1. The number of allylic oxidation sites excluding steroid dienone is 3. The van der Waals surface area contributed by atoms with Crippen LogP contribution in [0.5, 0.6) is 0 Å². The zero-order valence-corrected chi connectivity index (χ0v) is 11.8. The smallest absolute Gasteiger partial charge is 0.217 e. The van der Waals surface area contributed by atoms with E-state index in [1.165, 1.54) is 6.92 Å². The fraction of sp³-hybridized carbons (Fsp3) is 0.312. The maximum atomic E-state index is 12.9. The van der Waals surface area contributed by atoms with Crippen LogP contribution in [0, 0.1) is 0 Å². The summed E-state index contributed by atoms with van der Waals surface area (Å²) in [6.45, 7) is 6.06. The van der Waals surface area contributed by atoms with Crippen molar-refractivity contribution in [1.29, 1.82) is 0 Å². The van der Waals surface area contributed by atoms with Gasteiger partial charge in [-0.15, -0.1) is 0 Å².